The first kappa shape index (κ1) is 14.9. The molecule has 5 heteroatoms. The maximum absolute atomic E-state index is 6.07. The quantitative estimate of drug-likeness (QED) is 0.908. The fraction of sp³-hybridized carbons (Fsp3) is 0.444. The Morgan fingerprint density at radius 3 is 2.96 bits per heavy atom. The van der Waals surface area contributed by atoms with E-state index < -0.39 is 0 Å². The van der Waals surface area contributed by atoms with Crippen molar-refractivity contribution >= 4 is 17.4 Å². The van der Waals surface area contributed by atoms with Gasteiger partial charge in [-0.25, -0.2) is 9.97 Å². The van der Waals surface area contributed by atoms with Crippen LogP contribution in [-0.4, -0.2) is 34.0 Å². The van der Waals surface area contributed by atoms with Gasteiger partial charge < -0.3 is 5.32 Å². The van der Waals surface area contributed by atoms with Crippen LogP contribution in [0.25, 0.3) is 0 Å². The van der Waals surface area contributed by atoms with Gasteiger partial charge in [-0.15, -0.1) is 0 Å². The summed E-state index contributed by atoms with van der Waals surface area (Å²) in [5.74, 6) is 2.57. The van der Waals surface area contributed by atoms with E-state index in [4.69, 9.17) is 11.6 Å². The number of likely N-dealkylation sites (tertiary alicyclic amines) is 1. The van der Waals surface area contributed by atoms with Gasteiger partial charge in [0, 0.05) is 42.8 Å². The van der Waals surface area contributed by atoms with Gasteiger partial charge in [0.05, 0.1) is 0 Å². The van der Waals surface area contributed by atoms with E-state index in [1.807, 2.05) is 24.4 Å². The summed E-state index contributed by atoms with van der Waals surface area (Å²) in [7, 11) is 0. The van der Waals surface area contributed by atoms with E-state index in [1.54, 1.807) is 0 Å². The fourth-order valence-corrected chi connectivity index (χ4v) is 3.40. The summed E-state index contributed by atoms with van der Waals surface area (Å²) in [6.07, 6.45) is 5.49. The molecule has 23 heavy (non-hydrogen) atoms. The van der Waals surface area contributed by atoms with E-state index in [9.17, 15) is 0 Å². The molecule has 120 valence electrons. The highest BCUT2D eigenvalue weighted by Gasteiger charge is 2.27. The zero-order chi connectivity index (χ0) is 15.6. The lowest BCUT2D eigenvalue weighted by Gasteiger charge is -2.17. The van der Waals surface area contributed by atoms with Crippen LogP contribution in [0.15, 0.2) is 36.5 Å². The summed E-state index contributed by atoms with van der Waals surface area (Å²) >= 11 is 6.07. The molecular weight excluding hydrogens is 308 g/mol. The third kappa shape index (κ3) is 3.82. The van der Waals surface area contributed by atoms with Gasteiger partial charge in [0.25, 0.3) is 0 Å². The highest BCUT2D eigenvalue weighted by Crippen LogP contribution is 2.38. The van der Waals surface area contributed by atoms with Crippen molar-refractivity contribution in [3.05, 3.63) is 52.9 Å². The van der Waals surface area contributed by atoms with Gasteiger partial charge in [0.15, 0.2) is 0 Å². The second kappa shape index (κ2) is 6.46. The lowest BCUT2D eigenvalue weighted by atomic mass is 10.2. The Balaban J connectivity index is 1.34. The molecule has 1 N–H and O–H groups in total. The summed E-state index contributed by atoms with van der Waals surface area (Å²) < 4.78 is 0. The number of halogens is 1. The monoisotopic (exact) mass is 328 g/mol. The van der Waals surface area contributed by atoms with Crippen LogP contribution in [0, 0.1) is 0 Å². The zero-order valence-electron chi connectivity index (χ0n) is 13.1. The van der Waals surface area contributed by atoms with Crippen LogP contribution in [0.3, 0.4) is 0 Å². The van der Waals surface area contributed by atoms with Crippen molar-refractivity contribution in [2.24, 2.45) is 0 Å². The summed E-state index contributed by atoms with van der Waals surface area (Å²) in [5, 5.41) is 4.38. The molecule has 2 aliphatic rings. The summed E-state index contributed by atoms with van der Waals surface area (Å²) in [4.78, 5) is 11.5. The Bertz CT molecular complexity index is 686. The zero-order valence-corrected chi connectivity index (χ0v) is 13.8. The molecule has 1 aliphatic heterocycles. The minimum atomic E-state index is 0.455. The first-order chi connectivity index (χ1) is 11.3. The molecule has 1 aliphatic carbocycles. The van der Waals surface area contributed by atoms with Crippen molar-refractivity contribution < 1.29 is 0 Å². The second-order valence-electron chi connectivity index (χ2n) is 6.57. The van der Waals surface area contributed by atoms with Crippen molar-refractivity contribution in [1.29, 1.82) is 0 Å². The lowest BCUT2D eigenvalue weighted by Crippen LogP contribution is -2.26. The molecule has 2 fully saturated rings. The Morgan fingerprint density at radius 1 is 1.22 bits per heavy atom. The third-order valence-electron chi connectivity index (χ3n) is 4.54. The number of nitrogens with one attached hydrogen (secondary N) is 1. The number of aromatic nitrogens is 2. The average molecular weight is 329 g/mol. The van der Waals surface area contributed by atoms with E-state index in [0.29, 0.717) is 12.0 Å². The Labute approximate surface area is 141 Å². The van der Waals surface area contributed by atoms with E-state index >= 15 is 0 Å². The average Bonchev–Trinajstić information content (AvgIpc) is 3.30. The molecule has 1 saturated carbocycles. The normalized spacial score (nSPS) is 21.5. The smallest absolute Gasteiger partial charge is 0.133 e. The highest BCUT2D eigenvalue weighted by atomic mass is 35.5. The van der Waals surface area contributed by atoms with Gasteiger partial charge in [0.2, 0.25) is 0 Å². The summed E-state index contributed by atoms with van der Waals surface area (Å²) in [6, 6.07) is 10.6. The Hall–Kier alpha value is -1.65. The highest BCUT2D eigenvalue weighted by molar-refractivity contribution is 6.30. The van der Waals surface area contributed by atoms with E-state index in [2.05, 4.69) is 32.3 Å². The number of rotatable bonds is 5. The first-order valence-electron chi connectivity index (χ1n) is 8.32. The maximum atomic E-state index is 6.07. The topological polar surface area (TPSA) is 41.0 Å². The van der Waals surface area contributed by atoms with Gasteiger partial charge in [-0.2, -0.15) is 0 Å². The fourth-order valence-electron chi connectivity index (χ4n) is 3.19. The minimum Gasteiger partial charge on any atom is -0.366 e. The minimum absolute atomic E-state index is 0.455. The predicted octanol–water partition coefficient (Wildman–Crippen LogP) is 3.69. The number of benzene rings is 1. The SMILES string of the molecule is Clc1cccc(CN2CCC(Nc3ccnc(C4CC4)n3)C2)c1. The molecule has 1 unspecified atom stereocenters. The van der Waals surface area contributed by atoms with Crippen molar-refractivity contribution in [2.75, 3.05) is 18.4 Å². The molecule has 2 aromatic rings. The van der Waals surface area contributed by atoms with Crippen LogP contribution in [0.5, 0.6) is 0 Å². The van der Waals surface area contributed by atoms with Gasteiger partial charge in [-0.05, 0) is 43.0 Å². The van der Waals surface area contributed by atoms with E-state index in [1.165, 1.54) is 18.4 Å². The molecule has 1 aromatic heterocycles. The standard InChI is InChI=1S/C18H21ClN4/c19-15-3-1-2-13(10-15)11-23-9-7-16(12-23)21-17-6-8-20-18(22-17)14-4-5-14/h1-3,6,8,10,14,16H,4-5,7,9,11-12H2,(H,20,21,22). The van der Waals surface area contributed by atoms with Gasteiger partial charge in [-0.3, -0.25) is 4.90 Å². The van der Waals surface area contributed by atoms with Gasteiger partial charge in [0.1, 0.15) is 11.6 Å². The number of nitrogens with zero attached hydrogens (tertiary/aromatic N) is 3. The third-order valence-corrected chi connectivity index (χ3v) is 4.77. The lowest BCUT2D eigenvalue weighted by molar-refractivity contribution is 0.328. The van der Waals surface area contributed by atoms with E-state index in [0.717, 1.165) is 42.7 Å². The molecule has 0 spiro atoms. The van der Waals surface area contributed by atoms with Crippen LogP contribution in [0.4, 0.5) is 5.82 Å². The van der Waals surface area contributed by atoms with Crippen LogP contribution in [0.1, 0.15) is 36.6 Å². The van der Waals surface area contributed by atoms with Gasteiger partial charge >= 0.3 is 0 Å². The van der Waals surface area contributed by atoms with E-state index in [-0.39, 0.29) is 0 Å². The van der Waals surface area contributed by atoms with Crippen LogP contribution >= 0.6 is 11.6 Å². The molecule has 1 atom stereocenters. The maximum Gasteiger partial charge on any atom is 0.133 e. The molecule has 2 heterocycles. The number of anilines is 1. The van der Waals surface area contributed by atoms with Crippen molar-refractivity contribution in [1.82, 2.24) is 14.9 Å². The summed E-state index contributed by atoms with van der Waals surface area (Å²) in [6.45, 7) is 3.09. The van der Waals surface area contributed by atoms with Crippen LogP contribution in [0.2, 0.25) is 5.02 Å². The number of hydrogen-bond acceptors (Lipinski definition) is 4. The molecule has 0 amide bonds. The van der Waals surface area contributed by atoms with Gasteiger partial charge in [-0.1, -0.05) is 23.7 Å². The molecular formula is C18H21ClN4. The molecule has 1 aromatic carbocycles. The van der Waals surface area contributed by atoms with Crippen LogP contribution in [-0.2, 0) is 6.54 Å². The Kier molecular flexibility index (Phi) is 4.19. The van der Waals surface area contributed by atoms with Crippen LogP contribution < -0.4 is 5.32 Å². The van der Waals surface area contributed by atoms with Crippen molar-refractivity contribution in [2.45, 2.75) is 37.8 Å². The Morgan fingerprint density at radius 2 is 2.13 bits per heavy atom. The number of hydrogen-bond donors (Lipinski definition) is 1. The first-order valence-corrected chi connectivity index (χ1v) is 8.70. The predicted molar refractivity (Wildman–Crippen MR) is 92.8 cm³/mol. The largest absolute Gasteiger partial charge is 0.366 e. The molecule has 4 rings (SSSR count). The second-order valence-corrected chi connectivity index (χ2v) is 7.01. The molecule has 0 bridgehead atoms. The van der Waals surface area contributed by atoms with Crippen molar-refractivity contribution in [3.8, 4) is 0 Å². The molecule has 1 saturated heterocycles. The molecule has 4 nitrogen and oxygen atoms in total. The molecule has 0 radical (unpaired) electrons. The summed E-state index contributed by atoms with van der Waals surface area (Å²) in [5.41, 5.74) is 1.27. The van der Waals surface area contributed by atoms with Crippen molar-refractivity contribution in [3.63, 3.8) is 0 Å².